The van der Waals surface area contributed by atoms with E-state index < -0.39 is 5.97 Å². The smallest absolute Gasteiger partial charge is 0.317 e. The topological polar surface area (TPSA) is 70.0 Å². The molecule has 18 heavy (non-hydrogen) atoms. The van der Waals surface area contributed by atoms with Gasteiger partial charge in [-0.05, 0) is 19.0 Å². The molecule has 0 aromatic heterocycles. The number of hydrogen-bond acceptors (Lipinski definition) is 4. The monoisotopic (exact) mass is 253 g/mol. The first kappa shape index (κ1) is 14.3. The molecule has 1 aromatic rings. The van der Waals surface area contributed by atoms with Crippen molar-refractivity contribution < 1.29 is 19.7 Å². The molecule has 0 amide bonds. The van der Waals surface area contributed by atoms with E-state index >= 15 is 0 Å². The zero-order valence-electron chi connectivity index (χ0n) is 10.7. The molecular formula is C13H19NO4. The molecule has 100 valence electrons. The summed E-state index contributed by atoms with van der Waals surface area (Å²) in [6.45, 7) is 3.01. The Hall–Kier alpha value is -1.75. The first-order valence-corrected chi connectivity index (χ1v) is 5.87. The van der Waals surface area contributed by atoms with Gasteiger partial charge in [0, 0.05) is 12.1 Å². The standard InChI is InChI=1S/C13H19NO4/c1-3-7-14(9-12(15)16)8-10-5-4-6-11(18-2)13(10)17/h4-6,17H,3,7-9H2,1-2H3,(H,15,16). The van der Waals surface area contributed by atoms with E-state index in [9.17, 15) is 9.90 Å². The van der Waals surface area contributed by atoms with Crippen LogP contribution < -0.4 is 4.74 Å². The van der Waals surface area contributed by atoms with Gasteiger partial charge in [0.2, 0.25) is 0 Å². The van der Waals surface area contributed by atoms with Crippen molar-refractivity contribution in [3.63, 3.8) is 0 Å². The quantitative estimate of drug-likeness (QED) is 0.774. The van der Waals surface area contributed by atoms with Crippen LogP contribution in [0.3, 0.4) is 0 Å². The average molecular weight is 253 g/mol. The molecule has 0 saturated carbocycles. The summed E-state index contributed by atoms with van der Waals surface area (Å²) in [5.41, 5.74) is 0.670. The zero-order chi connectivity index (χ0) is 13.5. The molecular weight excluding hydrogens is 234 g/mol. The Morgan fingerprint density at radius 3 is 2.72 bits per heavy atom. The van der Waals surface area contributed by atoms with Crippen molar-refractivity contribution in [2.24, 2.45) is 0 Å². The van der Waals surface area contributed by atoms with Gasteiger partial charge in [0.1, 0.15) is 0 Å². The van der Waals surface area contributed by atoms with E-state index in [1.165, 1.54) is 7.11 Å². The van der Waals surface area contributed by atoms with Crippen LogP contribution in [0.5, 0.6) is 11.5 Å². The molecule has 1 aromatic carbocycles. The summed E-state index contributed by atoms with van der Waals surface area (Å²) in [5.74, 6) is -0.392. The number of carboxylic acid groups (broad SMARTS) is 1. The largest absolute Gasteiger partial charge is 0.504 e. The van der Waals surface area contributed by atoms with Crippen molar-refractivity contribution in [1.29, 1.82) is 0 Å². The third-order valence-electron chi connectivity index (χ3n) is 2.60. The zero-order valence-corrected chi connectivity index (χ0v) is 10.7. The molecule has 2 N–H and O–H groups in total. The van der Waals surface area contributed by atoms with Crippen LogP contribution in [0.1, 0.15) is 18.9 Å². The molecule has 0 radical (unpaired) electrons. The summed E-state index contributed by atoms with van der Waals surface area (Å²) in [6, 6.07) is 5.21. The number of methoxy groups -OCH3 is 1. The second-order valence-electron chi connectivity index (χ2n) is 4.07. The Bertz CT molecular complexity index is 406. The van der Waals surface area contributed by atoms with E-state index in [4.69, 9.17) is 9.84 Å². The molecule has 0 unspecified atom stereocenters. The number of hydrogen-bond donors (Lipinski definition) is 2. The van der Waals surface area contributed by atoms with Gasteiger partial charge in [-0.25, -0.2) is 0 Å². The lowest BCUT2D eigenvalue weighted by molar-refractivity contribution is -0.138. The Morgan fingerprint density at radius 2 is 2.17 bits per heavy atom. The fourth-order valence-electron chi connectivity index (χ4n) is 1.82. The summed E-state index contributed by atoms with van der Waals surface area (Å²) in [5, 5.41) is 18.8. The third-order valence-corrected chi connectivity index (χ3v) is 2.60. The summed E-state index contributed by atoms with van der Waals surface area (Å²) in [6.07, 6.45) is 0.859. The molecule has 5 nitrogen and oxygen atoms in total. The lowest BCUT2D eigenvalue weighted by Gasteiger charge is -2.20. The maximum absolute atomic E-state index is 10.8. The van der Waals surface area contributed by atoms with Gasteiger partial charge in [-0.15, -0.1) is 0 Å². The normalized spacial score (nSPS) is 10.6. The second kappa shape index (κ2) is 6.86. The number of ether oxygens (including phenoxy) is 1. The minimum Gasteiger partial charge on any atom is -0.504 e. The van der Waals surface area contributed by atoms with Crippen LogP contribution in [-0.4, -0.2) is 41.3 Å². The lowest BCUT2D eigenvalue weighted by Crippen LogP contribution is -2.30. The number of carbonyl (C=O) groups is 1. The fraction of sp³-hybridized carbons (Fsp3) is 0.462. The number of phenolic OH excluding ortho intramolecular Hbond substituents is 1. The van der Waals surface area contributed by atoms with E-state index in [-0.39, 0.29) is 12.3 Å². The molecule has 0 aliphatic carbocycles. The maximum Gasteiger partial charge on any atom is 0.317 e. The van der Waals surface area contributed by atoms with Crippen LogP contribution in [0.25, 0.3) is 0 Å². The first-order chi connectivity index (χ1) is 8.58. The van der Waals surface area contributed by atoms with Crippen molar-refractivity contribution in [2.75, 3.05) is 20.2 Å². The number of rotatable bonds is 7. The summed E-state index contributed by atoms with van der Waals surface area (Å²) >= 11 is 0. The first-order valence-electron chi connectivity index (χ1n) is 5.87. The van der Waals surface area contributed by atoms with Gasteiger partial charge >= 0.3 is 5.97 Å². The molecule has 0 heterocycles. The van der Waals surface area contributed by atoms with Crippen LogP contribution >= 0.6 is 0 Å². The molecule has 0 aliphatic rings. The SMILES string of the molecule is CCCN(CC(=O)O)Cc1cccc(OC)c1O. The molecule has 0 spiro atoms. The Labute approximate surface area is 107 Å². The van der Waals surface area contributed by atoms with Gasteiger partial charge in [-0.3, -0.25) is 9.69 Å². The number of nitrogens with zero attached hydrogens (tertiary/aromatic N) is 1. The Kier molecular flexibility index (Phi) is 5.45. The highest BCUT2D eigenvalue weighted by Gasteiger charge is 2.13. The molecule has 5 heteroatoms. The summed E-state index contributed by atoms with van der Waals surface area (Å²) < 4.78 is 5.02. The summed E-state index contributed by atoms with van der Waals surface area (Å²) in [7, 11) is 1.49. The van der Waals surface area contributed by atoms with Crippen LogP contribution in [0.4, 0.5) is 0 Å². The number of aromatic hydroxyl groups is 1. The number of aliphatic carboxylic acids is 1. The number of para-hydroxylation sites is 1. The van der Waals surface area contributed by atoms with Crippen LogP contribution in [-0.2, 0) is 11.3 Å². The molecule has 1 rings (SSSR count). The highest BCUT2D eigenvalue weighted by molar-refractivity contribution is 5.69. The fourth-order valence-corrected chi connectivity index (χ4v) is 1.82. The van der Waals surface area contributed by atoms with Gasteiger partial charge in [0.25, 0.3) is 0 Å². The molecule has 0 atom stereocenters. The lowest BCUT2D eigenvalue weighted by atomic mass is 10.1. The van der Waals surface area contributed by atoms with Crippen molar-refractivity contribution in [3.8, 4) is 11.5 Å². The highest BCUT2D eigenvalue weighted by atomic mass is 16.5. The van der Waals surface area contributed by atoms with Crippen molar-refractivity contribution in [1.82, 2.24) is 4.90 Å². The predicted molar refractivity (Wildman–Crippen MR) is 67.9 cm³/mol. The Balaban J connectivity index is 2.82. The van der Waals surface area contributed by atoms with Gasteiger partial charge in [0.15, 0.2) is 11.5 Å². The Morgan fingerprint density at radius 1 is 1.44 bits per heavy atom. The molecule has 0 aliphatic heterocycles. The molecule has 0 fully saturated rings. The average Bonchev–Trinajstić information content (AvgIpc) is 2.31. The summed E-state index contributed by atoms with van der Waals surface area (Å²) in [4.78, 5) is 12.5. The number of benzene rings is 1. The third kappa shape index (κ3) is 3.92. The van der Waals surface area contributed by atoms with E-state index in [1.807, 2.05) is 6.92 Å². The van der Waals surface area contributed by atoms with Crippen molar-refractivity contribution >= 4 is 5.97 Å². The van der Waals surface area contributed by atoms with E-state index in [0.29, 0.717) is 24.4 Å². The van der Waals surface area contributed by atoms with E-state index in [2.05, 4.69) is 0 Å². The minimum atomic E-state index is -0.870. The van der Waals surface area contributed by atoms with Gasteiger partial charge in [-0.2, -0.15) is 0 Å². The van der Waals surface area contributed by atoms with Crippen LogP contribution in [0.15, 0.2) is 18.2 Å². The van der Waals surface area contributed by atoms with Crippen molar-refractivity contribution in [3.05, 3.63) is 23.8 Å². The van der Waals surface area contributed by atoms with E-state index in [0.717, 1.165) is 6.42 Å². The predicted octanol–water partition coefficient (Wildman–Crippen LogP) is 1.70. The van der Waals surface area contributed by atoms with Crippen LogP contribution in [0.2, 0.25) is 0 Å². The van der Waals surface area contributed by atoms with Gasteiger partial charge in [0.05, 0.1) is 13.7 Å². The second-order valence-corrected chi connectivity index (χ2v) is 4.07. The number of carboxylic acids is 1. The van der Waals surface area contributed by atoms with Crippen molar-refractivity contribution in [2.45, 2.75) is 19.9 Å². The van der Waals surface area contributed by atoms with Gasteiger partial charge < -0.3 is 14.9 Å². The van der Waals surface area contributed by atoms with Crippen LogP contribution in [0, 0.1) is 0 Å². The minimum absolute atomic E-state index is 0.0372. The maximum atomic E-state index is 10.8. The van der Waals surface area contributed by atoms with E-state index in [1.54, 1.807) is 23.1 Å². The highest BCUT2D eigenvalue weighted by Crippen LogP contribution is 2.30. The molecule has 0 saturated heterocycles. The number of phenols is 1. The van der Waals surface area contributed by atoms with Gasteiger partial charge in [-0.1, -0.05) is 19.1 Å². The molecule has 0 bridgehead atoms.